The van der Waals surface area contributed by atoms with Crippen molar-refractivity contribution in [3.63, 3.8) is 0 Å². The van der Waals surface area contributed by atoms with Crippen LogP contribution in [0.4, 0.5) is 0 Å². The maximum absolute atomic E-state index is 10.7. The second kappa shape index (κ2) is 6.62. The minimum atomic E-state index is -0.618. The van der Waals surface area contributed by atoms with Crippen molar-refractivity contribution in [1.29, 1.82) is 0 Å². The highest BCUT2D eigenvalue weighted by Crippen LogP contribution is 2.28. The summed E-state index contributed by atoms with van der Waals surface area (Å²) in [5.41, 5.74) is 0. The fraction of sp³-hybridized carbons (Fsp3) is 0.750. The molecule has 0 amide bonds. The number of nitrogens with one attached hydrogen (secondary N) is 1. The topological polar surface area (TPSA) is 49.3 Å². The Morgan fingerprint density at radius 1 is 1.40 bits per heavy atom. The third-order valence-electron chi connectivity index (χ3n) is 3.15. The maximum atomic E-state index is 10.7. The Morgan fingerprint density at radius 2 is 2.07 bits per heavy atom. The van der Waals surface area contributed by atoms with E-state index >= 15 is 0 Å². The molecule has 0 spiro atoms. The monoisotopic (exact) mass is 211 g/mol. The molecule has 0 aromatic carbocycles. The lowest BCUT2D eigenvalue weighted by Gasteiger charge is -2.26. The van der Waals surface area contributed by atoms with Gasteiger partial charge in [0.1, 0.15) is 0 Å². The minimum absolute atomic E-state index is 0.0885. The van der Waals surface area contributed by atoms with E-state index in [2.05, 4.69) is 11.9 Å². The van der Waals surface area contributed by atoms with Gasteiger partial charge < -0.3 is 10.4 Å². The molecule has 86 valence electrons. The van der Waals surface area contributed by atoms with E-state index in [-0.39, 0.29) is 5.92 Å². The number of carboxylic acid groups (broad SMARTS) is 1. The van der Waals surface area contributed by atoms with Gasteiger partial charge in [0, 0.05) is 0 Å². The van der Waals surface area contributed by atoms with Crippen LogP contribution in [0.25, 0.3) is 0 Å². The number of carboxylic acids is 1. The Bertz CT molecular complexity index is 208. The van der Waals surface area contributed by atoms with Crippen molar-refractivity contribution in [2.75, 3.05) is 13.1 Å². The molecule has 0 radical (unpaired) electrons. The van der Waals surface area contributed by atoms with Gasteiger partial charge in [-0.25, -0.2) is 0 Å². The highest BCUT2D eigenvalue weighted by atomic mass is 16.4. The first-order valence-electron chi connectivity index (χ1n) is 5.78. The van der Waals surface area contributed by atoms with Gasteiger partial charge in [0.25, 0.3) is 0 Å². The summed E-state index contributed by atoms with van der Waals surface area (Å²) in [4.78, 5) is 10.7. The molecule has 3 heteroatoms. The zero-order valence-electron chi connectivity index (χ0n) is 9.24. The van der Waals surface area contributed by atoms with E-state index in [9.17, 15) is 4.79 Å². The van der Waals surface area contributed by atoms with Gasteiger partial charge in [-0.15, -0.1) is 6.58 Å². The molecule has 15 heavy (non-hydrogen) atoms. The molecule has 1 aliphatic rings. The zero-order chi connectivity index (χ0) is 11.1. The molecule has 0 saturated heterocycles. The second-order valence-electron chi connectivity index (χ2n) is 4.34. The van der Waals surface area contributed by atoms with Crippen molar-refractivity contribution in [2.24, 2.45) is 11.8 Å². The van der Waals surface area contributed by atoms with Gasteiger partial charge in [-0.05, 0) is 51.1 Å². The van der Waals surface area contributed by atoms with Crippen LogP contribution < -0.4 is 5.32 Å². The van der Waals surface area contributed by atoms with Crippen molar-refractivity contribution in [1.82, 2.24) is 5.32 Å². The molecule has 0 aromatic rings. The highest BCUT2D eigenvalue weighted by molar-refractivity contribution is 5.69. The minimum Gasteiger partial charge on any atom is -0.481 e. The summed E-state index contributed by atoms with van der Waals surface area (Å²) in [5.74, 6) is -0.0343. The fourth-order valence-corrected chi connectivity index (χ4v) is 2.12. The molecule has 1 saturated carbocycles. The van der Waals surface area contributed by atoms with E-state index in [1.807, 2.05) is 6.08 Å². The van der Waals surface area contributed by atoms with Crippen molar-refractivity contribution in [2.45, 2.75) is 32.1 Å². The Labute approximate surface area is 91.6 Å². The van der Waals surface area contributed by atoms with Crippen LogP contribution in [-0.4, -0.2) is 24.2 Å². The first kappa shape index (κ1) is 12.2. The van der Waals surface area contributed by atoms with Crippen LogP contribution in [0.2, 0.25) is 0 Å². The SMILES string of the molecule is C=CCCNCC1CCC(C(=O)O)CC1. The van der Waals surface area contributed by atoms with Crippen LogP contribution in [0, 0.1) is 11.8 Å². The predicted octanol–water partition coefficient (Wildman–Crippen LogP) is 2.04. The van der Waals surface area contributed by atoms with Gasteiger partial charge in [0.15, 0.2) is 0 Å². The van der Waals surface area contributed by atoms with Gasteiger partial charge in [-0.1, -0.05) is 6.08 Å². The first-order valence-corrected chi connectivity index (χ1v) is 5.78. The average Bonchev–Trinajstić information content (AvgIpc) is 2.25. The normalized spacial score (nSPS) is 26.1. The van der Waals surface area contributed by atoms with Gasteiger partial charge in [0.2, 0.25) is 0 Å². The third-order valence-corrected chi connectivity index (χ3v) is 3.15. The van der Waals surface area contributed by atoms with Crippen molar-refractivity contribution in [3.05, 3.63) is 12.7 Å². The summed E-state index contributed by atoms with van der Waals surface area (Å²) in [6, 6.07) is 0. The summed E-state index contributed by atoms with van der Waals surface area (Å²) < 4.78 is 0. The van der Waals surface area contributed by atoms with E-state index < -0.39 is 5.97 Å². The van der Waals surface area contributed by atoms with Crippen molar-refractivity contribution >= 4 is 5.97 Å². The Morgan fingerprint density at radius 3 is 2.60 bits per heavy atom. The molecule has 0 bridgehead atoms. The number of hydrogen-bond acceptors (Lipinski definition) is 2. The molecular weight excluding hydrogens is 190 g/mol. The van der Waals surface area contributed by atoms with E-state index in [4.69, 9.17) is 5.11 Å². The van der Waals surface area contributed by atoms with Crippen LogP contribution in [0.1, 0.15) is 32.1 Å². The summed E-state index contributed by atoms with van der Waals surface area (Å²) in [7, 11) is 0. The molecular formula is C12H21NO2. The third kappa shape index (κ3) is 4.47. The quantitative estimate of drug-likeness (QED) is 0.522. The molecule has 0 aromatic heterocycles. The summed E-state index contributed by atoms with van der Waals surface area (Å²) in [5, 5.41) is 12.2. The van der Waals surface area contributed by atoms with Crippen LogP contribution in [0.15, 0.2) is 12.7 Å². The zero-order valence-corrected chi connectivity index (χ0v) is 9.24. The largest absolute Gasteiger partial charge is 0.481 e. The van der Waals surface area contributed by atoms with Gasteiger partial charge >= 0.3 is 5.97 Å². The Kier molecular flexibility index (Phi) is 5.40. The molecule has 0 aliphatic heterocycles. The summed E-state index contributed by atoms with van der Waals surface area (Å²) in [6.07, 6.45) is 6.72. The smallest absolute Gasteiger partial charge is 0.306 e. The highest BCUT2D eigenvalue weighted by Gasteiger charge is 2.25. The second-order valence-corrected chi connectivity index (χ2v) is 4.34. The van der Waals surface area contributed by atoms with Crippen molar-refractivity contribution < 1.29 is 9.90 Å². The maximum Gasteiger partial charge on any atom is 0.306 e. The molecule has 2 N–H and O–H groups in total. The molecule has 1 fully saturated rings. The van der Waals surface area contributed by atoms with Gasteiger partial charge in [-0.2, -0.15) is 0 Å². The number of hydrogen-bond donors (Lipinski definition) is 2. The fourth-order valence-electron chi connectivity index (χ4n) is 2.12. The predicted molar refractivity (Wildman–Crippen MR) is 60.8 cm³/mol. The lowest BCUT2D eigenvalue weighted by molar-refractivity contribution is -0.143. The average molecular weight is 211 g/mol. The molecule has 1 rings (SSSR count). The van der Waals surface area contributed by atoms with E-state index in [0.717, 1.165) is 45.2 Å². The first-order chi connectivity index (χ1) is 7.24. The van der Waals surface area contributed by atoms with Crippen LogP contribution in [0.3, 0.4) is 0 Å². The van der Waals surface area contributed by atoms with Crippen LogP contribution >= 0.6 is 0 Å². The number of carbonyl (C=O) groups is 1. The number of aliphatic carboxylic acids is 1. The molecule has 1 aliphatic carbocycles. The van der Waals surface area contributed by atoms with E-state index in [1.165, 1.54) is 0 Å². The van der Waals surface area contributed by atoms with Crippen LogP contribution in [0.5, 0.6) is 0 Å². The summed E-state index contributed by atoms with van der Waals surface area (Å²) >= 11 is 0. The lowest BCUT2D eigenvalue weighted by atomic mass is 9.82. The van der Waals surface area contributed by atoms with Gasteiger partial charge in [0.05, 0.1) is 5.92 Å². The molecule has 0 atom stereocenters. The van der Waals surface area contributed by atoms with E-state index in [1.54, 1.807) is 0 Å². The van der Waals surface area contributed by atoms with Crippen molar-refractivity contribution in [3.8, 4) is 0 Å². The Hall–Kier alpha value is -0.830. The number of rotatable bonds is 6. The van der Waals surface area contributed by atoms with E-state index in [0.29, 0.717) is 5.92 Å². The summed E-state index contributed by atoms with van der Waals surface area (Å²) in [6.45, 7) is 5.69. The molecule has 0 heterocycles. The van der Waals surface area contributed by atoms with Gasteiger partial charge in [-0.3, -0.25) is 4.79 Å². The molecule has 0 unspecified atom stereocenters. The standard InChI is InChI=1S/C12H21NO2/c1-2-3-8-13-9-10-4-6-11(7-5-10)12(14)15/h2,10-11,13H,1,3-9H2,(H,14,15). The molecule has 3 nitrogen and oxygen atoms in total. The lowest BCUT2D eigenvalue weighted by Crippen LogP contribution is -2.29. The van der Waals surface area contributed by atoms with Crippen LogP contribution in [-0.2, 0) is 4.79 Å². The Balaban J connectivity index is 2.09.